The van der Waals surface area contributed by atoms with Crippen molar-refractivity contribution in [1.82, 2.24) is 40.1 Å². The number of aliphatic hydroxyl groups excluding tert-OH is 2. The molecule has 1 saturated heterocycles. The highest BCUT2D eigenvalue weighted by Crippen LogP contribution is 2.36. The predicted molar refractivity (Wildman–Crippen MR) is 125 cm³/mol. The number of alkyl halides is 3. The molecule has 4 aromatic rings. The summed E-state index contributed by atoms with van der Waals surface area (Å²) in [5, 5.41) is 44.1. The second-order valence-electron chi connectivity index (χ2n) is 8.81. The van der Waals surface area contributed by atoms with Crippen LogP contribution in [0.4, 0.5) is 19.0 Å². The number of carboxylic acids is 1. The van der Waals surface area contributed by atoms with Crippen LogP contribution in [0, 0.1) is 0 Å². The maximum Gasteiger partial charge on any atom is 0.416 e. The number of aromatic nitrogens is 8. The highest BCUT2D eigenvalue weighted by Gasteiger charge is 2.50. The summed E-state index contributed by atoms with van der Waals surface area (Å²) >= 11 is 5.88. The van der Waals surface area contributed by atoms with E-state index in [0.717, 1.165) is 24.3 Å². The molecule has 40 heavy (non-hydrogen) atoms. The number of nitrogen functional groups attached to an aromatic ring is 1. The maximum atomic E-state index is 13.0. The number of benzene rings is 1. The van der Waals surface area contributed by atoms with Gasteiger partial charge in [-0.25, -0.2) is 14.9 Å². The van der Waals surface area contributed by atoms with Crippen LogP contribution in [0.3, 0.4) is 0 Å². The van der Waals surface area contributed by atoms with E-state index in [1.54, 1.807) is 0 Å². The fourth-order valence-electron chi connectivity index (χ4n) is 4.29. The van der Waals surface area contributed by atoms with Crippen LogP contribution < -0.4 is 5.73 Å². The zero-order chi connectivity index (χ0) is 28.8. The molecule has 0 radical (unpaired) electrons. The predicted octanol–water partition coefficient (Wildman–Crippen LogP) is 0.452. The van der Waals surface area contributed by atoms with Crippen molar-refractivity contribution >= 4 is 34.6 Å². The van der Waals surface area contributed by atoms with E-state index in [9.17, 15) is 33.3 Å². The number of nitrogens with zero attached hydrogens (tertiary/aromatic N) is 7. The highest BCUT2D eigenvalue weighted by atomic mass is 35.5. The van der Waals surface area contributed by atoms with E-state index in [2.05, 4.69) is 35.6 Å². The third-order valence-electron chi connectivity index (χ3n) is 6.33. The summed E-state index contributed by atoms with van der Waals surface area (Å²) in [6.45, 7) is -0.618. The number of nitrogens with one attached hydrogen (secondary N) is 1. The topological polar surface area (TPSA) is 220 Å². The fourth-order valence-corrected chi connectivity index (χ4v) is 4.46. The zero-order valence-corrected chi connectivity index (χ0v) is 20.7. The average molecular weight is 586 g/mol. The molecule has 0 bridgehead atoms. The van der Waals surface area contributed by atoms with Crippen LogP contribution >= 0.6 is 11.6 Å². The quantitative estimate of drug-likeness (QED) is 0.177. The lowest BCUT2D eigenvalue weighted by Gasteiger charge is -2.29. The molecule has 0 amide bonds. The maximum absolute atomic E-state index is 13.0. The second-order valence-corrected chi connectivity index (χ2v) is 9.15. The number of tetrazole rings is 1. The zero-order valence-electron chi connectivity index (χ0n) is 19.9. The van der Waals surface area contributed by atoms with Crippen molar-refractivity contribution in [2.75, 3.05) is 12.3 Å². The summed E-state index contributed by atoms with van der Waals surface area (Å²) in [6.07, 6.45) is -9.56. The third kappa shape index (κ3) is 4.90. The lowest BCUT2D eigenvalue weighted by atomic mass is 9.92. The number of carboxylic acid groups (broad SMARTS) is 1. The van der Waals surface area contributed by atoms with Crippen LogP contribution in [0.5, 0.6) is 0 Å². The van der Waals surface area contributed by atoms with Gasteiger partial charge in [0, 0.05) is 6.42 Å². The van der Waals surface area contributed by atoms with Gasteiger partial charge in [-0.1, -0.05) is 12.1 Å². The normalized spacial score (nSPS) is 22.9. The molecule has 4 heterocycles. The van der Waals surface area contributed by atoms with Crippen molar-refractivity contribution in [1.29, 1.82) is 0 Å². The average Bonchev–Trinajstić information content (AvgIpc) is 3.63. The van der Waals surface area contributed by atoms with E-state index >= 15 is 0 Å². The number of aliphatic hydroxyl groups is 2. The Morgan fingerprint density at radius 2 is 1.93 bits per heavy atom. The van der Waals surface area contributed by atoms with E-state index in [1.165, 1.54) is 10.9 Å². The van der Waals surface area contributed by atoms with Gasteiger partial charge < -0.3 is 30.5 Å². The molecule has 5 atom stereocenters. The molecular weight excluding hydrogens is 567 g/mol. The number of ether oxygens (including phenoxy) is 2. The molecule has 1 aliphatic heterocycles. The van der Waals surface area contributed by atoms with E-state index in [-0.39, 0.29) is 33.7 Å². The number of imidazole rings is 1. The van der Waals surface area contributed by atoms with Crippen molar-refractivity contribution in [3.63, 3.8) is 0 Å². The van der Waals surface area contributed by atoms with Gasteiger partial charge in [-0.05, 0) is 39.7 Å². The fraction of sp³-hybridized carbons (Fsp3) is 0.381. The monoisotopic (exact) mass is 585 g/mol. The number of hydrogen-bond donors (Lipinski definition) is 5. The molecule has 1 unspecified atom stereocenters. The van der Waals surface area contributed by atoms with Gasteiger partial charge in [-0.2, -0.15) is 23.1 Å². The van der Waals surface area contributed by atoms with E-state index in [0.29, 0.717) is 0 Å². The molecule has 1 aromatic carbocycles. The van der Waals surface area contributed by atoms with Gasteiger partial charge in [0.25, 0.3) is 0 Å². The lowest BCUT2D eigenvalue weighted by Crippen LogP contribution is -2.45. The van der Waals surface area contributed by atoms with Crippen LogP contribution in [0.1, 0.15) is 23.2 Å². The molecule has 0 spiro atoms. The Morgan fingerprint density at radius 3 is 2.55 bits per heavy atom. The first-order chi connectivity index (χ1) is 18.9. The number of rotatable bonds is 8. The Balaban J connectivity index is 1.41. The minimum Gasteiger partial charge on any atom is -0.479 e. The number of nitrogens with two attached hydrogens (primary N) is 1. The summed E-state index contributed by atoms with van der Waals surface area (Å²) in [5.41, 5.74) is 2.95. The molecule has 0 saturated carbocycles. The molecule has 212 valence electrons. The van der Waals surface area contributed by atoms with Crippen LogP contribution in [-0.4, -0.2) is 86.4 Å². The molecule has 0 aliphatic carbocycles. The van der Waals surface area contributed by atoms with E-state index in [1.807, 2.05) is 0 Å². The summed E-state index contributed by atoms with van der Waals surface area (Å²) in [5.74, 6) is -1.98. The Kier molecular flexibility index (Phi) is 7.04. The first kappa shape index (κ1) is 27.6. The van der Waals surface area contributed by atoms with Gasteiger partial charge in [0.05, 0.1) is 18.5 Å². The number of carbonyl (C=O) groups is 1. The molecule has 1 fully saturated rings. The molecule has 15 nitrogen and oxygen atoms in total. The van der Waals surface area contributed by atoms with Gasteiger partial charge in [0.15, 0.2) is 23.5 Å². The van der Waals surface area contributed by atoms with Crippen molar-refractivity contribution in [2.24, 2.45) is 0 Å². The number of hydrogen-bond acceptors (Lipinski definition) is 12. The number of H-pyrrole nitrogens is 1. The number of fused-ring (bicyclic) bond motifs is 1. The molecule has 1 aliphatic rings. The second kappa shape index (κ2) is 10.2. The van der Waals surface area contributed by atoms with Crippen molar-refractivity contribution in [3.05, 3.63) is 52.8 Å². The number of aliphatic carboxylic acids is 1. The van der Waals surface area contributed by atoms with Crippen molar-refractivity contribution in [2.45, 2.75) is 42.7 Å². The minimum atomic E-state index is -4.59. The van der Waals surface area contributed by atoms with Crippen LogP contribution in [0.2, 0.25) is 5.28 Å². The molecule has 19 heteroatoms. The molecule has 5 rings (SSSR count). The highest BCUT2D eigenvalue weighted by molar-refractivity contribution is 6.28. The smallest absolute Gasteiger partial charge is 0.416 e. The van der Waals surface area contributed by atoms with Crippen LogP contribution in [-0.2, 0) is 32.5 Å². The Labute approximate surface area is 225 Å². The molecular formula is C21H19ClF3N9O6. The summed E-state index contributed by atoms with van der Waals surface area (Å²) in [7, 11) is 0. The number of anilines is 1. The standard InChI is InChI=1S/C21H19ClF3N9O6/c22-19-28-14(26)11-15(29-19)34(7-27-11)16-13(36)12(35)10(40-16)6-39-20(18(37)38,17-30-32-33-31-17)5-8-1-3-9(4-2-8)21(23,24)25/h1-4,7,10,12-13,16,35-36H,5-6H2,(H,37,38)(H2,26,28,29)(H,30,31,32,33)/t10-,12-,13-,16-,20?/m1/s1. The van der Waals surface area contributed by atoms with Gasteiger partial charge in [-0.15, -0.1) is 5.10 Å². The van der Waals surface area contributed by atoms with Crippen LogP contribution in [0.15, 0.2) is 30.6 Å². The van der Waals surface area contributed by atoms with Crippen molar-refractivity contribution < 1.29 is 42.8 Å². The molecule has 3 aromatic heterocycles. The minimum absolute atomic E-state index is 0.0307. The molecule has 6 N–H and O–H groups in total. The summed E-state index contributed by atoms with van der Waals surface area (Å²) in [6, 6.07) is 3.78. The first-order valence-corrected chi connectivity index (χ1v) is 11.7. The third-order valence-corrected chi connectivity index (χ3v) is 6.50. The van der Waals surface area contributed by atoms with E-state index in [4.69, 9.17) is 26.8 Å². The number of aromatic amines is 1. The van der Waals surface area contributed by atoms with Gasteiger partial charge in [-0.3, -0.25) is 4.57 Å². The van der Waals surface area contributed by atoms with Gasteiger partial charge >= 0.3 is 12.1 Å². The van der Waals surface area contributed by atoms with Gasteiger partial charge in [0.1, 0.15) is 23.8 Å². The van der Waals surface area contributed by atoms with Crippen molar-refractivity contribution in [3.8, 4) is 0 Å². The SMILES string of the molecule is Nc1nc(Cl)nc2c1ncn2[C@@H]1O[C@H](COC(Cc2ccc(C(F)(F)F)cc2)(C(=O)O)c2nnn[nH]2)[C@@H](O)[C@H]1O. The Hall–Kier alpha value is -3.97. The van der Waals surface area contributed by atoms with E-state index < -0.39 is 60.9 Å². The summed E-state index contributed by atoms with van der Waals surface area (Å²) < 4.78 is 51.8. The summed E-state index contributed by atoms with van der Waals surface area (Å²) in [4.78, 5) is 24.4. The number of halogens is 4. The Bertz CT molecular complexity index is 1520. The largest absolute Gasteiger partial charge is 0.479 e. The first-order valence-electron chi connectivity index (χ1n) is 11.4. The van der Waals surface area contributed by atoms with Crippen LogP contribution in [0.25, 0.3) is 11.2 Å². The lowest BCUT2D eigenvalue weighted by molar-refractivity contribution is -0.178. The Morgan fingerprint density at radius 1 is 1.20 bits per heavy atom. The van der Waals surface area contributed by atoms with Gasteiger partial charge in [0.2, 0.25) is 10.9 Å².